The molecule has 0 N–H and O–H groups in total. The van der Waals surface area contributed by atoms with Crippen molar-refractivity contribution in [2.24, 2.45) is 0 Å². The zero-order chi connectivity index (χ0) is 20.2. The van der Waals surface area contributed by atoms with E-state index in [1.165, 1.54) is 11.1 Å². The van der Waals surface area contributed by atoms with Crippen molar-refractivity contribution in [1.29, 1.82) is 0 Å². The maximum atomic E-state index is 5.42. The molecule has 0 amide bonds. The summed E-state index contributed by atoms with van der Waals surface area (Å²) in [6, 6.07) is 22.5. The molecule has 1 heterocycles. The van der Waals surface area contributed by atoms with Crippen LogP contribution in [0.5, 0.6) is 11.5 Å². The van der Waals surface area contributed by atoms with Crippen LogP contribution in [0.2, 0.25) is 0 Å². The minimum atomic E-state index is 0. The van der Waals surface area contributed by atoms with Crippen molar-refractivity contribution in [3.8, 4) is 22.6 Å². The monoisotopic (exact) mass is 421 g/mol. The standard InChI is InChI=1S/C18H19N3O2.C6H4.ClH/c1-4-21(13-8-6-5-7-9-13)18-14-10-16(22-2)17(23-3)11-15(14)19-12-20-18;1-2-6-4-3-5(1)6;/h5-12H,4H2,1-3H3;1-4H;1H. The van der Waals surface area contributed by atoms with E-state index in [9.17, 15) is 0 Å². The van der Waals surface area contributed by atoms with Gasteiger partial charge in [0.2, 0.25) is 0 Å². The second-order valence-corrected chi connectivity index (χ2v) is 6.58. The molecule has 0 aliphatic heterocycles. The largest absolute Gasteiger partial charge is 0.493 e. The number of rotatable bonds is 5. The third-order valence-electron chi connectivity index (χ3n) is 4.98. The Morgan fingerprint density at radius 1 is 0.800 bits per heavy atom. The van der Waals surface area contributed by atoms with E-state index in [0.717, 1.165) is 29.0 Å². The lowest BCUT2D eigenvalue weighted by molar-refractivity contribution is 0.356. The number of aromatic nitrogens is 2. The van der Waals surface area contributed by atoms with Crippen LogP contribution in [-0.2, 0) is 0 Å². The Kier molecular flexibility index (Phi) is 6.75. The van der Waals surface area contributed by atoms with E-state index in [0.29, 0.717) is 11.5 Å². The van der Waals surface area contributed by atoms with Crippen molar-refractivity contribution in [1.82, 2.24) is 9.97 Å². The fraction of sp³-hybridized carbons (Fsp3) is 0.167. The molecule has 0 radical (unpaired) electrons. The number of halogens is 1. The molecule has 0 bridgehead atoms. The summed E-state index contributed by atoms with van der Waals surface area (Å²) in [5, 5.41) is 0.927. The van der Waals surface area contributed by atoms with E-state index < -0.39 is 0 Å². The predicted octanol–water partition coefficient (Wildman–Crippen LogP) is 5.89. The first-order chi connectivity index (χ1) is 14.2. The summed E-state index contributed by atoms with van der Waals surface area (Å²) in [4.78, 5) is 11.0. The van der Waals surface area contributed by atoms with Crippen molar-refractivity contribution in [2.45, 2.75) is 6.92 Å². The molecule has 1 aromatic heterocycles. The smallest absolute Gasteiger partial charge is 0.162 e. The Morgan fingerprint density at radius 3 is 1.90 bits per heavy atom. The van der Waals surface area contributed by atoms with Crippen LogP contribution in [0.1, 0.15) is 6.92 Å². The average Bonchev–Trinajstić information content (AvgIpc) is 2.77. The highest BCUT2D eigenvalue weighted by Crippen LogP contribution is 2.36. The molecule has 0 atom stereocenters. The van der Waals surface area contributed by atoms with Gasteiger partial charge in [0.15, 0.2) is 11.5 Å². The van der Waals surface area contributed by atoms with Gasteiger partial charge in [0.1, 0.15) is 12.1 Å². The molecule has 2 aliphatic carbocycles. The maximum absolute atomic E-state index is 5.42. The number of hydrogen-bond acceptors (Lipinski definition) is 5. The van der Waals surface area contributed by atoms with Gasteiger partial charge in [-0.2, -0.15) is 0 Å². The Bertz CT molecular complexity index is 1100. The highest BCUT2D eigenvalue weighted by Gasteiger charge is 2.15. The molecule has 2 aromatic carbocycles. The average molecular weight is 422 g/mol. The Labute approximate surface area is 182 Å². The van der Waals surface area contributed by atoms with Crippen LogP contribution in [0.15, 0.2) is 73.1 Å². The number of benzene rings is 3. The SMILES string of the molecule is CCN(c1ccccc1)c1ncnc2cc(OC)c(OC)cc12.Cl.c1cc2ccc1-2. The zero-order valence-corrected chi connectivity index (χ0v) is 18.0. The first-order valence-electron chi connectivity index (χ1n) is 9.55. The van der Waals surface area contributed by atoms with E-state index in [1.807, 2.05) is 30.3 Å². The first-order valence-corrected chi connectivity index (χ1v) is 9.55. The van der Waals surface area contributed by atoms with Crippen LogP contribution in [0.25, 0.3) is 22.0 Å². The number of nitrogens with zero attached hydrogens (tertiary/aromatic N) is 3. The van der Waals surface area contributed by atoms with E-state index in [-0.39, 0.29) is 12.4 Å². The highest BCUT2D eigenvalue weighted by molar-refractivity contribution is 5.93. The van der Waals surface area contributed by atoms with Gasteiger partial charge in [0.25, 0.3) is 0 Å². The molecule has 3 aromatic rings. The lowest BCUT2D eigenvalue weighted by Gasteiger charge is -2.23. The summed E-state index contributed by atoms with van der Waals surface area (Å²) >= 11 is 0. The fourth-order valence-electron chi connectivity index (χ4n) is 3.31. The first kappa shape index (κ1) is 21.4. The van der Waals surface area contributed by atoms with E-state index >= 15 is 0 Å². The van der Waals surface area contributed by atoms with Crippen molar-refractivity contribution in [3.63, 3.8) is 0 Å². The van der Waals surface area contributed by atoms with Gasteiger partial charge in [-0.15, -0.1) is 12.4 Å². The van der Waals surface area contributed by atoms with Crippen molar-refractivity contribution in [2.75, 3.05) is 25.7 Å². The van der Waals surface area contributed by atoms with E-state index in [2.05, 4.69) is 58.2 Å². The van der Waals surface area contributed by atoms with Gasteiger partial charge < -0.3 is 14.4 Å². The van der Waals surface area contributed by atoms with Gasteiger partial charge in [-0.05, 0) is 36.2 Å². The van der Waals surface area contributed by atoms with Crippen LogP contribution in [-0.4, -0.2) is 30.7 Å². The number of methoxy groups -OCH3 is 2. The van der Waals surface area contributed by atoms with Crippen LogP contribution in [0.3, 0.4) is 0 Å². The number of hydrogen-bond donors (Lipinski definition) is 0. The van der Waals surface area contributed by atoms with Crippen LogP contribution in [0.4, 0.5) is 11.5 Å². The molecule has 5 rings (SSSR count). The quantitative estimate of drug-likeness (QED) is 0.354. The van der Waals surface area contributed by atoms with Crippen LogP contribution < -0.4 is 14.4 Å². The summed E-state index contributed by atoms with van der Waals surface area (Å²) in [6.07, 6.45) is 1.58. The van der Waals surface area contributed by atoms with E-state index in [1.54, 1.807) is 20.5 Å². The highest BCUT2D eigenvalue weighted by atomic mass is 35.5. The molecule has 5 nitrogen and oxygen atoms in total. The summed E-state index contributed by atoms with van der Waals surface area (Å²) in [6.45, 7) is 2.90. The number of para-hydroxylation sites is 1. The molecular formula is C24H24ClN3O2. The summed E-state index contributed by atoms with van der Waals surface area (Å²) in [7, 11) is 3.25. The van der Waals surface area contributed by atoms with Crippen molar-refractivity contribution < 1.29 is 9.47 Å². The molecular weight excluding hydrogens is 398 g/mol. The van der Waals surface area contributed by atoms with Crippen LogP contribution >= 0.6 is 12.4 Å². The number of fused-ring (bicyclic) bond motifs is 2. The number of anilines is 2. The Hall–Kier alpha value is -3.31. The molecule has 0 fully saturated rings. The van der Waals surface area contributed by atoms with Gasteiger partial charge in [0.05, 0.1) is 19.7 Å². The van der Waals surface area contributed by atoms with Gasteiger partial charge >= 0.3 is 0 Å². The van der Waals surface area contributed by atoms with Gasteiger partial charge in [-0.25, -0.2) is 9.97 Å². The summed E-state index contributed by atoms with van der Waals surface area (Å²) in [5.74, 6) is 2.18. The molecule has 154 valence electrons. The van der Waals surface area contributed by atoms with E-state index in [4.69, 9.17) is 9.47 Å². The molecule has 2 aliphatic rings. The zero-order valence-electron chi connectivity index (χ0n) is 17.2. The molecule has 6 heteroatoms. The summed E-state index contributed by atoms with van der Waals surface area (Å²) < 4.78 is 10.8. The minimum Gasteiger partial charge on any atom is -0.493 e. The summed E-state index contributed by atoms with van der Waals surface area (Å²) in [5.41, 5.74) is 4.76. The lowest BCUT2D eigenvalue weighted by atomic mass is 9.95. The van der Waals surface area contributed by atoms with Crippen LogP contribution in [0, 0.1) is 0 Å². The molecule has 0 saturated heterocycles. The topological polar surface area (TPSA) is 47.5 Å². The normalized spacial score (nSPS) is 10.4. The van der Waals surface area contributed by atoms with Crippen molar-refractivity contribution in [3.05, 3.63) is 73.1 Å². The van der Waals surface area contributed by atoms with Gasteiger partial charge in [-0.3, -0.25) is 0 Å². The lowest BCUT2D eigenvalue weighted by Crippen LogP contribution is -2.17. The maximum Gasteiger partial charge on any atom is 0.162 e. The predicted molar refractivity (Wildman–Crippen MR) is 124 cm³/mol. The Balaban J connectivity index is 0.000000309. The molecule has 30 heavy (non-hydrogen) atoms. The molecule has 0 spiro atoms. The van der Waals surface area contributed by atoms with Crippen molar-refractivity contribution >= 4 is 34.8 Å². The second kappa shape index (κ2) is 9.46. The number of ether oxygens (including phenoxy) is 2. The van der Waals surface area contributed by atoms with Gasteiger partial charge in [0, 0.05) is 23.7 Å². The second-order valence-electron chi connectivity index (χ2n) is 6.58. The molecule has 0 unspecified atom stereocenters. The Morgan fingerprint density at radius 2 is 1.40 bits per heavy atom. The minimum absolute atomic E-state index is 0. The van der Waals surface area contributed by atoms with Gasteiger partial charge in [-0.1, -0.05) is 42.5 Å². The molecule has 0 saturated carbocycles. The third kappa shape index (κ3) is 4.02. The third-order valence-corrected chi connectivity index (χ3v) is 4.98. The fourth-order valence-corrected chi connectivity index (χ4v) is 3.31.